The van der Waals surface area contributed by atoms with E-state index in [0.717, 1.165) is 4.47 Å². The average molecular weight is 595 g/mol. The molecule has 2 unspecified atom stereocenters. The van der Waals surface area contributed by atoms with Gasteiger partial charge in [0, 0.05) is 21.0 Å². The molecule has 2 aliphatic rings. The van der Waals surface area contributed by atoms with Crippen molar-refractivity contribution in [2.75, 3.05) is 11.5 Å². The summed E-state index contributed by atoms with van der Waals surface area (Å²) in [5.74, 6) is -1.88. The molecule has 0 spiro atoms. The van der Waals surface area contributed by atoms with E-state index in [2.05, 4.69) is 15.9 Å². The van der Waals surface area contributed by atoms with Crippen LogP contribution in [0.3, 0.4) is 0 Å². The van der Waals surface area contributed by atoms with Crippen LogP contribution in [-0.2, 0) is 14.3 Å². The van der Waals surface area contributed by atoms with Gasteiger partial charge < -0.3 is 4.74 Å². The first-order valence-electron chi connectivity index (χ1n) is 12.9. The number of amides is 2. The van der Waals surface area contributed by atoms with Crippen LogP contribution >= 0.6 is 15.9 Å². The molecule has 2 atom stereocenters. The van der Waals surface area contributed by atoms with Crippen LogP contribution in [0, 0.1) is 11.8 Å². The third-order valence-electron chi connectivity index (χ3n) is 7.37. The number of ether oxygens (including phenoxy) is 1. The number of rotatable bonds is 6. The second-order valence-electron chi connectivity index (χ2n) is 9.79. The summed E-state index contributed by atoms with van der Waals surface area (Å²) >= 11 is 3.34. The molecule has 1 aliphatic carbocycles. The lowest BCUT2D eigenvalue weighted by molar-refractivity contribution is -0.122. The highest BCUT2D eigenvalue weighted by Crippen LogP contribution is 2.38. The van der Waals surface area contributed by atoms with E-state index in [4.69, 9.17) is 9.72 Å². The van der Waals surface area contributed by atoms with Crippen molar-refractivity contribution in [3.63, 3.8) is 0 Å². The first-order chi connectivity index (χ1) is 19.4. The maximum Gasteiger partial charge on any atom is 0.339 e. The highest BCUT2D eigenvalue weighted by atomic mass is 79.9. The van der Waals surface area contributed by atoms with E-state index in [1.54, 1.807) is 72.8 Å². The molecule has 3 aromatic carbocycles. The number of halogens is 1. The summed E-state index contributed by atoms with van der Waals surface area (Å²) in [5.41, 5.74) is 3.06. The molecule has 7 nitrogen and oxygen atoms in total. The van der Waals surface area contributed by atoms with Gasteiger partial charge in [0.05, 0.1) is 34.3 Å². The van der Waals surface area contributed by atoms with Crippen molar-refractivity contribution >= 4 is 56.1 Å². The number of aromatic nitrogens is 1. The van der Waals surface area contributed by atoms with Gasteiger partial charge >= 0.3 is 5.97 Å². The molecule has 40 heavy (non-hydrogen) atoms. The largest absolute Gasteiger partial charge is 0.454 e. The first-order valence-corrected chi connectivity index (χ1v) is 13.7. The minimum Gasteiger partial charge on any atom is -0.454 e. The molecule has 8 heteroatoms. The van der Waals surface area contributed by atoms with Crippen LogP contribution in [0.25, 0.3) is 22.2 Å². The molecule has 6 rings (SSSR count). The minimum atomic E-state index is -0.633. The summed E-state index contributed by atoms with van der Waals surface area (Å²) in [5, 5.41) is 0.605. The Kier molecular flexibility index (Phi) is 6.86. The number of benzene rings is 3. The number of hydrogen-bond donors (Lipinski definition) is 0. The van der Waals surface area contributed by atoms with E-state index >= 15 is 0 Å². The Labute approximate surface area is 238 Å². The molecule has 2 amide bonds. The van der Waals surface area contributed by atoms with Crippen molar-refractivity contribution in [1.82, 2.24) is 4.98 Å². The van der Waals surface area contributed by atoms with Gasteiger partial charge in [-0.2, -0.15) is 0 Å². The standard InChI is InChI=1S/C32H23BrN2O5/c33-21-13-9-20(10-14-21)29(36)18-40-32(39)26-17-28(34-27-8-4-3-5-23(26)27)19-11-15-22(16-12-19)35-30(37)24-6-1-2-7-25(24)31(35)38/h1-5,8-17,24-25H,6-7,18H2. The molecule has 0 bridgehead atoms. The Bertz CT molecular complexity index is 1670. The van der Waals surface area contributed by atoms with Gasteiger partial charge in [-0.25, -0.2) is 9.78 Å². The lowest BCUT2D eigenvalue weighted by Gasteiger charge is -2.15. The third kappa shape index (κ3) is 4.75. The van der Waals surface area contributed by atoms with Crippen molar-refractivity contribution in [1.29, 1.82) is 0 Å². The minimum absolute atomic E-state index is 0.168. The van der Waals surface area contributed by atoms with E-state index in [1.165, 1.54) is 4.90 Å². The fraction of sp³-hybridized carbons (Fsp3) is 0.156. The molecular weight excluding hydrogens is 572 g/mol. The molecule has 0 radical (unpaired) electrons. The molecule has 1 aromatic heterocycles. The molecule has 2 heterocycles. The molecule has 1 aliphatic heterocycles. The van der Waals surface area contributed by atoms with Crippen LogP contribution in [0.2, 0.25) is 0 Å². The second-order valence-corrected chi connectivity index (χ2v) is 10.7. The monoisotopic (exact) mass is 594 g/mol. The number of Topliss-reactive ketones (excluding diaryl/α,β-unsaturated/α-hetero) is 1. The number of para-hydroxylation sites is 1. The molecule has 198 valence electrons. The Morgan fingerprint density at radius 3 is 2.20 bits per heavy atom. The number of ketones is 1. The first kappa shape index (κ1) is 25.8. The van der Waals surface area contributed by atoms with Crippen LogP contribution in [0.4, 0.5) is 5.69 Å². The van der Waals surface area contributed by atoms with Gasteiger partial charge in [-0.15, -0.1) is 0 Å². The lowest BCUT2D eigenvalue weighted by atomic mass is 9.85. The summed E-state index contributed by atoms with van der Waals surface area (Å²) in [7, 11) is 0. The van der Waals surface area contributed by atoms with Gasteiger partial charge in [0.2, 0.25) is 11.8 Å². The Morgan fingerprint density at radius 2 is 1.52 bits per heavy atom. The number of carbonyl (C=O) groups is 4. The summed E-state index contributed by atoms with van der Waals surface area (Å²) in [6, 6.07) is 22.7. The predicted octanol–water partition coefficient (Wildman–Crippen LogP) is 6.16. The summed E-state index contributed by atoms with van der Waals surface area (Å²) in [4.78, 5) is 57.7. The van der Waals surface area contributed by atoms with Gasteiger partial charge in [0.15, 0.2) is 12.4 Å². The number of anilines is 1. The average Bonchev–Trinajstić information content (AvgIpc) is 3.25. The zero-order chi connectivity index (χ0) is 27.8. The smallest absolute Gasteiger partial charge is 0.339 e. The quantitative estimate of drug-likeness (QED) is 0.115. The molecule has 1 saturated heterocycles. The Hall–Kier alpha value is -4.43. The maximum absolute atomic E-state index is 13.2. The number of carbonyl (C=O) groups excluding carboxylic acids is 4. The zero-order valence-electron chi connectivity index (χ0n) is 21.2. The summed E-state index contributed by atoms with van der Waals surface area (Å²) in [6.45, 7) is -0.392. The van der Waals surface area contributed by atoms with E-state index in [9.17, 15) is 19.2 Å². The highest BCUT2D eigenvalue weighted by molar-refractivity contribution is 9.10. The van der Waals surface area contributed by atoms with E-state index in [-0.39, 0.29) is 35.0 Å². The molecular formula is C32H23BrN2O5. The SMILES string of the molecule is O=C(COC(=O)c1cc(-c2ccc(N3C(=O)C4CC=CCC4C3=O)cc2)nc2ccccc12)c1ccc(Br)cc1. The highest BCUT2D eigenvalue weighted by Gasteiger charge is 2.47. The van der Waals surface area contributed by atoms with Crippen molar-refractivity contribution in [2.45, 2.75) is 12.8 Å². The molecule has 0 saturated carbocycles. The van der Waals surface area contributed by atoms with Crippen LogP contribution in [-0.4, -0.2) is 35.2 Å². The number of imide groups is 1. The van der Waals surface area contributed by atoms with Gasteiger partial charge in [-0.3, -0.25) is 19.3 Å². The van der Waals surface area contributed by atoms with Crippen molar-refractivity contribution in [2.24, 2.45) is 11.8 Å². The van der Waals surface area contributed by atoms with Gasteiger partial charge in [-0.05, 0) is 49.2 Å². The van der Waals surface area contributed by atoms with Crippen LogP contribution in [0.1, 0.15) is 33.6 Å². The van der Waals surface area contributed by atoms with Crippen molar-refractivity contribution < 1.29 is 23.9 Å². The summed E-state index contributed by atoms with van der Waals surface area (Å²) in [6.07, 6.45) is 5.09. The van der Waals surface area contributed by atoms with Crippen LogP contribution < -0.4 is 4.90 Å². The van der Waals surface area contributed by atoms with Gasteiger partial charge in [0.25, 0.3) is 0 Å². The normalized spacial score (nSPS) is 18.2. The molecule has 0 N–H and O–H groups in total. The van der Waals surface area contributed by atoms with E-state index in [1.807, 2.05) is 18.2 Å². The topological polar surface area (TPSA) is 93.6 Å². The lowest BCUT2D eigenvalue weighted by Crippen LogP contribution is -2.30. The van der Waals surface area contributed by atoms with E-state index in [0.29, 0.717) is 46.3 Å². The van der Waals surface area contributed by atoms with Crippen molar-refractivity contribution in [3.05, 3.63) is 107 Å². The number of hydrogen-bond acceptors (Lipinski definition) is 6. The Morgan fingerprint density at radius 1 is 0.875 bits per heavy atom. The molecule has 4 aromatic rings. The van der Waals surface area contributed by atoms with E-state index < -0.39 is 12.6 Å². The number of pyridine rings is 1. The van der Waals surface area contributed by atoms with Crippen LogP contribution in [0.15, 0.2) is 95.5 Å². The van der Waals surface area contributed by atoms with Crippen molar-refractivity contribution in [3.8, 4) is 11.3 Å². The fourth-order valence-corrected chi connectivity index (χ4v) is 5.52. The summed E-state index contributed by atoms with van der Waals surface area (Å²) < 4.78 is 6.26. The number of fused-ring (bicyclic) bond motifs is 2. The van der Waals surface area contributed by atoms with Crippen LogP contribution in [0.5, 0.6) is 0 Å². The third-order valence-corrected chi connectivity index (χ3v) is 7.89. The fourth-order valence-electron chi connectivity index (χ4n) is 5.26. The Balaban J connectivity index is 1.26. The number of allylic oxidation sites excluding steroid dienone is 2. The predicted molar refractivity (Wildman–Crippen MR) is 154 cm³/mol. The maximum atomic E-state index is 13.2. The number of nitrogens with zero attached hydrogens (tertiary/aromatic N) is 2. The molecule has 1 fully saturated rings. The zero-order valence-corrected chi connectivity index (χ0v) is 22.8. The second kappa shape index (κ2) is 10.6. The van der Waals surface area contributed by atoms with Gasteiger partial charge in [-0.1, -0.05) is 70.5 Å². The number of esters is 1. The van der Waals surface area contributed by atoms with Gasteiger partial charge in [0.1, 0.15) is 0 Å².